The summed E-state index contributed by atoms with van der Waals surface area (Å²) in [5, 5.41) is -0.207. The van der Waals surface area contributed by atoms with Crippen molar-refractivity contribution in [3.8, 4) is 0 Å². The molecule has 0 saturated heterocycles. The van der Waals surface area contributed by atoms with Crippen LogP contribution in [0.1, 0.15) is 21.7 Å². The first-order chi connectivity index (χ1) is 15.8. The zero-order chi connectivity index (χ0) is 23.6. The van der Waals surface area contributed by atoms with E-state index < -0.39 is 21.6 Å². The number of aryl methyl sites for hydroxylation is 1. The van der Waals surface area contributed by atoms with Crippen LogP contribution in [0.25, 0.3) is 0 Å². The zero-order valence-corrected chi connectivity index (χ0v) is 19.0. The van der Waals surface area contributed by atoms with Crippen molar-refractivity contribution >= 4 is 33.2 Å². The molecule has 2 aromatic carbocycles. The van der Waals surface area contributed by atoms with Gasteiger partial charge < -0.3 is 4.42 Å². The van der Waals surface area contributed by atoms with Crippen LogP contribution < -0.4 is 4.90 Å². The van der Waals surface area contributed by atoms with Crippen molar-refractivity contribution in [1.82, 2.24) is 4.98 Å². The minimum absolute atomic E-state index is 0.0320. The molecule has 168 valence electrons. The van der Waals surface area contributed by atoms with Gasteiger partial charge in [0.05, 0.1) is 11.4 Å². The first kappa shape index (κ1) is 22.7. The van der Waals surface area contributed by atoms with Gasteiger partial charge in [-0.25, -0.2) is 17.8 Å². The number of amides is 1. The van der Waals surface area contributed by atoms with Crippen LogP contribution in [0.4, 0.5) is 10.2 Å². The Labute approximate surface area is 195 Å². The van der Waals surface area contributed by atoms with Gasteiger partial charge in [-0.05, 0) is 61.0 Å². The lowest BCUT2D eigenvalue weighted by Crippen LogP contribution is -2.31. The van der Waals surface area contributed by atoms with Crippen LogP contribution in [0.15, 0.2) is 93.4 Å². The number of hydrogen-bond acceptors (Lipinski definition) is 5. The van der Waals surface area contributed by atoms with E-state index in [1.165, 1.54) is 47.5 Å². The number of nitrogens with zero attached hydrogens (tertiary/aromatic N) is 2. The van der Waals surface area contributed by atoms with E-state index >= 15 is 0 Å². The Balaban J connectivity index is 1.68. The van der Waals surface area contributed by atoms with Crippen molar-refractivity contribution in [2.75, 3.05) is 4.90 Å². The molecule has 9 heteroatoms. The molecule has 0 spiro atoms. The highest BCUT2D eigenvalue weighted by atomic mass is 35.5. The average molecular weight is 485 g/mol. The number of rotatable bonds is 6. The molecule has 2 heterocycles. The normalized spacial score (nSPS) is 11.4. The van der Waals surface area contributed by atoms with Crippen molar-refractivity contribution in [2.24, 2.45) is 0 Å². The van der Waals surface area contributed by atoms with Gasteiger partial charge in [-0.3, -0.25) is 9.69 Å². The molecular formula is C24H18ClFN2O4S. The molecule has 0 unspecified atom stereocenters. The van der Waals surface area contributed by atoms with E-state index in [4.69, 9.17) is 16.0 Å². The molecule has 0 aliphatic carbocycles. The van der Waals surface area contributed by atoms with Crippen LogP contribution in [-0.2, 0) is 16.4 Å². The average Bonchev–Trinajstić information content (AvgIpc) is 3.30. The molecule has 1 amide bonds. The van der Waals surface area contributed by atoms with Gasteiger partial charge in [0.15, 0.2) is 5.76 Å². The lowest BCUT2D eigenvalue weighted by atomic mass is 10.2. The summed E-state index contributed by atoms with van der Waals surface area (Å²) in [6, 6.07) is 17.7. The number of anilines is 1. The van der Waals surface area contributed by atoms with Gasteiger partial charge in [-0.2, -0.15) is 0 Å². The predicted molar refractivity (Wildman–Crippen MR) is 121 cm³/mol. The Bertz CT molecular complexity index is 1400. The summed E-state index contributed by atoms with van der Waals surface area (Å²) < 4.78 is 44.8. The van der Waals surface area contributed by atoms with E-state index in [1.54, 1.807) is 30.3 Å². The van der Waals surface area contributed by atoms with E-state index in [9.17, 15) is 17.6 Å². The van der Waals surface area contributed by atoms with Gasteiger partial charge in [0.25, 0.3) is 5.91 Å². The Kier molecular flexibility index (Phi) is 6.31. The fourth-order valence-corrected chi connectivity index (χ4v) is 4.54. The number of furan rings is 1. The summed E-state index contributed by atoms with van der Waals surface area (Å²) in [5.74, 6) is -1.03. The third kappa shape index (κ3) is 4.81. The molecule has 0 aliphatic rings. The fourth-order valence-electron chi connectivity index (χ4n) is 3.14. The highest BCUT2D eigenvalue weighted by molar-refractivity contribution is 7.91. The number of benzene rings is 2. The van der Waals surface area contributed by atoms with E-state index in [-0.39, 0.29) is 27.3 Å². The minimum atomic E-state index is -3.94. The van der Waals surface area contributed by atoms with Crippen molar-refractivity contribution in [3.63, 3.8) is 0 Å². The van der Waals surface area contributed by atoms with Gasteiger partial charge >= 0.3 is 0 Å². The molecule has 0 bridgehead atoms. The number of sulfone groups is 1. The maximum Gasteiger partial charge on any atom is 0.295 e. The van der Waals surface area contributed by atoms with E-state index in [2.05, 4.69) is 4.98 Å². The molecule has 33 heavy (non-hydrogen) atoms. The smallest absolute Gasteiger partial charge is 0.295 e. The van der Waals surface area contributed by atoms with Crippen LogP contribution in [-0.4, -0.2) is 19.3 Å². The number of halogens is 2. The first-order valence-corrected chi connectivity index (χ1v) is 11.7. The van der Waals surface area contributed by atoms with Crippen LogP contribution in [0, 0.1) is 12.7 Å². The number of pyridine rings is 1. The SMILES string of the molecule is Cc1ccc(S(=O)(=O)c2ccc(C(=O)N(Cc3ccc(F)cc3Cl)c3ccccn3)o2)cc1. The quantitative estimate of drug-likeness (QED) is 0.363. The molecule has 0 saturated carbocycles. The lowest BCUT2D eigenvalue weighted by Gasteiger charge is -2.21. The number of carbonyl (C=O) groups is 1. The van der Waals surface area contributed by atoms with Crippen LogP contribution >= 0.6 is 11.6 Å². The molecule has 6 nitrogen and oxygen atoms in total. The van der Waals surface area contributed by atoms with Crippen molar-refractivity contribution in [3.05, 3.63) is 107 Å². The van der Waals surface area contributed by atoms with Gasteiger partial charge in [-0.1, -0.05) is 41.4 Å². The van der Waals surface area contributed by atoms with Gasteiger partial charge in [0.1, 0.15) is 11.6 Å². The van der Waals surface area contributed by atoms with Crippen molar-refractivity contribution < 1.29 is 22.0 Å². The third-order valence-electron chi connectivity index (χ3n) is 4.90. The number of hydrogen-bond donors (Lipinski definition) is 0. The summed E-state index contributed by atoms with van der Waals surface area (Å²) in [4.78, 5) is 18.9. The standard InChI is InChI=1S/C24H18ClFN2O4S/c1-16-5-9-19(10-6-16)33(30,31)23-12-11-21(32-23)24(29)28(22-4-2-3-13-27-22)15-17-7-8-18(26)14-20(17)25/h2-14H,15H2,1H3. The molecule has 4 aromatic rings. The highest BCUT2D eigenvalue weighted by Gasteiger charge is 2.27. The zero-order valence-electron chi connectivity index (χ0n) is 17.4. The topological polar surface area (TPSA) is 80.5 Å². The molecule has 4 rings (SSSR count). The summed E-state index contributed by atoms with van der Waals surface area (Å²) in [6.07, 6.45) is 1.51. The lowest BCUT2D eigenvalue weighted by molar-refractivity contribution is 0.0952. The summed E-state index contributed by atoms with van der Waals surface area (Å²) in [5.41, 5.74) is 1.39. The highest BCUT2D eigenvalue weighted by Crippen LogP contribution is 2.27. The molecule has 0 radical (unpaired) electrons. The molecule has 0 N–H and O–H groups in total. The summed E-state index contributed by atoms with van der Waals surface area (Å²) in [6.45, 7) is 1.81. The van der Waals surface area contributed by atoms with Crippen LogP contribution in [0.2, 0.25) is 5.02 Å². The van der Waals surface area contributed by atoms with Gasteiger partial charge in [0.2, 0.25) is 14.9 Å². The summed E-state index contributed by atoms with van der Waals surface area (Å²) >= 11 is 6.15. The second kappa shape index (κ2) is 9.17. The molecular weight excluding hydrogens is 467 g/mol. The first-order valence-electron chi connectivity index (χ1n) is 9.84. The second-order valence-electron chi connectivity index (χ2n) is 7.25. The van der Waals surface area contributed by atoms with Crippen LogP contribution in [0.5, 0.6) is 0 Å². The fraction of sp³-hybridized carbons (Fsp3) is 0.0833. The Morgan fingerprint density at radius 1 is 1.06 bits per heavy atom. The Morgan fingerprint density at radius 2 is 1.82 bits per heavy atom. The van der Waals surface area contributed by atoms with Crippen molar-refractivity contribution in [2.45, 2.75) is 23.5 Å². The summed E-state index contributed by atoms with van der Waals surface area (Å²) in [7, 11) is -3.94. The largest absolute Gasteiger partial charge is 0.439 e. The maximum absolute atomic E-state index is 13.5. The van der Waals surface area contributed by atoms with E-state index in [1.807, 2.05) is 6.92 Å². The second-order valence-corrected chi connectivity index (χ2v) is 9.54. The minimum Gasteiger partial charge on any atom is -0.439 e. The molecule has 0 atom stereocenters. The predicted octanol–water partition coefficient (Wildman–Crippen LogP) is 5.46. The van der Waals surface area contributed by atoms with E-state index in [0.717, 1.165) is 11.6 Å². The van der Waals surface area contributed by atoms with Gasteiger partial charge in [-0.15, -0.1) is 0 Å². The van der Waals surface area contributed by atoms with E-state index in [0.29, 0.717) is 11.4 Å². The molecule has 2 aromatic heterocycles. The monoisotopic (exact) mass is 484 g/mol. The van der Waals surface area contributed by atoms with Gasteiger partial charge in [0, 0.05) is 11.2 Å². The maximum atomic E-state index is 13.5. The molecule has 0 fully saturated rings. The molecule has 0 aliphatic heterocycles. The third-order valence-corrected chi connectivity index (χ3v) is 6.90. The Hall–Kier alpha value is -3.49. The number of aromatic nitrogens is 1. The van der Waals surface area contributed by atoms with Crippen molar-refractivity contribution in [1.29, 1.82) is 0 Å². The number of carbonyl (C=O) groups excluding carboxylic acids is 1. The van der Waals surface area contributed by atoms with Crippen LogP contribution in [0.3, 0.4) is 0 Å². The Morgan fingerprint density at radius 3 is 2.48 bits per heavy atom.